The van der Waals surface area contributed by atoms with Crippen molar-refractivity contribution in [3.63, 3.8) is 0 Å². The fraction of sp³-hybridized carbons (Fsp3) is 0.444. The normalized spacial score (nSPS) is 17.5. The second kappa shape index (κ2) is 7.41. The minimum Gasteiger partial charge on any atom is -0.494 e. The summed E-state index contributed by atoms with van der Waals surface area (Å²) in [7, 11) is 0. The van der Waals surface area contributed by atoms with Crippen LogP contribution in [0.4, 0.5) is 5.13 Å². The SMILES string of the molecule is CCOc1ccc2nc(N3CCN(C(=O)C4=COCCO4)CC3)sc2c1. The molecule has 2 aromatic rings. The van der Waals surface area contributed by atoms with E-state index < -0.39 is 0 Å². The second-order valence-electron chi connectivity index (χ2n) is 6.04. The Hall–Kier alpha value is -2.48. The van der Waals surface area contributed by atoms with E-state index in [1.54, 1.807) is 16.2 Å². The van der Waals surface area contributed by atoms with Crippen molar-refractivity contribution in [3.05, 3.63) is 30.2 Å². The molecule has 8 heteroatoms. The van der Waals surface area contributed by atoms with Crippen LogP contribution < -0.4 is 9.64 Å². The van der Waals surface area contributed by atoms with Crippen LogP contribution in [0.3, 0.4) is 0 Å². The summed E-state index contributed by atoms with van der Waals surface area (Å²) in [6.07, 6.45) is 1.42. The zero-order valence-electron chi connectivity index (χ0n) is 14.6. The van der Waals surface area contributed by atoms with Crippen LogP contribution in [-0.2, 0) is 14.3 Å². The molecule has 0 unspecified atom stereocenters. The van der Waals surface area contributed by atoms with Crippen LogP contribution in [-0.4, -0.2) is 61.8 Å². The van der Waals surface area contributed by atoms with Crippen molar-refractivity contribution < 1.29 is 19.0 Å². The summed E-state index contributed by atoms with van der Waals surface area (Å²) in [4.78, 5) is 21.2. The Morgan fingerprint density at radius 1 is 1.27 bits per heavy atom. The van der Waals surface area contributed by atoms with Gasteiger partial charge in [-0.1, -0.05) is 11.3 Å². The second-order valence-corrected chi connectivity index (χ2v) is 7.05. The molecule has 1 saturated heterocycles. The fourth-order valence-corrected chi connectivity index (χ4v) is 4.07. The number of anilines is 1. The van der Waals surface area contributed by atoms with Crippen molar-refractivity contribution in [2.45, 2.75) is 6.92 Å². The Morgan fingerprint density at radius 3 is 2.85 bits per heavy atom. The summed E-state index contributed by atoms with van der Waals surface area (Å²) in [6, 6.07) is 5.98. The molecule has 2 aliphatic heterocycles. The number of benzene rings is 1. The van der Waals surface area contributed by atoms with Crippen LogP contribution in [0.15, 0.2) is 30.2 Å². The molecule has 1 aromatic heterocycles. The zero-order valence-corrected chi connectivity index (χ0v) is 15.5. The predicted molar refractivity (Wildman–Crippen MR) is 99.6 cm³/mol. The maximum Gasteiger partial charge on any atom is 0.292 e. The van der Waals surface area contributed by atoms with E-state index in [2.05, 4.69) is 4.90 Å². The van der Waals surface area contributed by atoms with E-state index in [1.165, 1.54) is 6.26 Å². The van der Waals surface area contributed by atoms with Gasteiger partial charge in [0.1, 0.15) is 25.2 Å². The molecule has 7 nitrogen and oxygen atoms in total. The van der Waals surface area contributed by atoms with E-state index in [0.717, 1.165) is 34.2 Å². The van der Waals surface area contributed by atoms with Gasteiger partial charge < -0.3 is 24.0 Å². The molecule has 0 N–H and O–H groups in total. The highest BCUT2D eigenvalue weighted by Gasteiger charge is 2.27. The van der Waals surface area contributed by atoms with Crippen molar-refractivity contribution in [1.82, 2.24) is 9.88 Å². The van der Waals surface area contributed by atoms with Crippen molar-refractivity contribution >= 4 is 32.6 Å². The third-order valence-electron chi connectivity index (χ3n) is 4.36. The summed E-state index contributed by atoms with van der Waals surface area (Å²) in [5.41, 5.74) is 0.977. The summed E-state index contributed by atoms with van der Waals surface area (Å²) in [5.74, 6) is 1.07. The van der Waals surface area contributed by atoms with E-state index in [4.69, 9.17) is 19.2 Å². The minimum atomic E-state index is -0.102. The standard InChI is InChI=1S/C18H21N3O4S/c1-2-24-13-3-4-14-16(11-13)26-18(19-14)21-7-5-20(6-8-21)17(22)15-12-23-9-10-25-15/h3-4,11-12H,2,5-10H2,1H3. The summed E-state index contributed by atoms with van der Waals surface area (Å²) < 4.78 is 17.2. The number of piperazine rings is 1. The number of carbonyl (C=O) groups is 1. The number of hydrogen-bond acceptors (Lipinski definition) is 7. The predicted octanol–water partition coefficient (Wildman–Crippen LogP) is 2.23. The van der Waals surface area contributed by atoms with Gasteiger partial charge in [-0.25, -0.2) is 4.98 Å². The van der Waals surface area contributed by atoms with E-state index in [-0.39, 0.29) is 5.91 Å². The number of fused-ring (bicyclic) bond motifs is 1. The largest absolute Gasteiger partial charge is 0.494 e. The number of hydrogen-bond donors (Lipinski definition) is 0. The van der Waals surface area contributed by atoms with E-state index >= 15 is 0 Å². The van der Waals surface area contributed by atoms with E-state index in [9.17, 15) is 4.79 Å². The molecule has 0 saturated carbocycles. The molecule has 0 bridgehead atoms. The van der Waals surface area contributed by atoms with Gasteiger partial charge >= 0.3 is 0 Å². The number of amides is 1. The van der Waals surface area contributed by atoms with Crippen molar-refractivity contribution in [2.24, 2.45) is 0 Å². The highest BCUT2D eigenvalue weighted by atomic mass is 32.1. The first-order valence-electron chi connectivity index (χ1n) is 8.77. The molecule has 3 heterocycles. The molecule has 1 amide bonds. The smallest absolute Gasteiger partial charge is 0.292 e. The lowest BCUT2D eigenvalue weighted by molar-refractivity contribution is -0.132. The van der Waals surface area contributed by atoms with Gasteiger partial charge in [0.2, 0.25) is 5.76 Å². The van der Waals surface area contributed by atoms with Crippen LogP contribution in [0.1, 0.15) is 6.92 Å². The monoisotopic (exact) mass is 375 g/mol. The molecule has 0 atom stereocenters. The Balaban J connectivity index is 1.42. The lowest BCUT2D eigenvalue weighted by Crippen LogP contribution is -2.49. The highest BCUT2D eigenvalue weighted by molar-refractivity contribution is 7.22. The summed E-state index contributed by atoms with van der Waals surface area (Å²) in [6.45, 7) is 6.32. The fourth-order valence-electron chi connectivity index (χ4n) is 3.02. The van der Waals surface area contributed by atoms with Crippen LogP contribution in [0.2, 0.25) is 0 Å². The molecule has 0 aliphatic carbocycles. The number of aromatic nitrogens is 1. The van der Waals surface area contributed by atoms with Crippen LogP contribution in [0.25, 0.3) is 10.2 Å². The Labute approximate surface area is 155 Å². The Bertz CT molecular complexity index is 827. The molecular formula is C18H21N3O4S. The molecule has 0 spiro atoms. The first-order chi connectivity index (χ1) is 12.7. The molecule has 2 aliphatic rings. The lowest BCUT2D eigenvalue weighted by Gasteiger charge is -2.35. The molecule has 1 fully saturated rings. The van der Waals surface area contributed by atoms with Gasteiger partial charge in [0.05, 0.1) is 16.8 Å². The van der Waals surface area contributed by atoms with Crippen molar-refractivity contribution in [1.29, 1.82) is 0 Å². The first-order valence-corrected chi connectivity index (χ1v) is 9.58. The first kappa shape index (κ1) is 17.0. The Morgan fingerprint density at radius 2 is 2.12 bits per heavy atom. The van der Waals surface area contributed by atoms with Gasteiger partial charge in [0, 0.05) is 26.2 Å². The van der Waals surface area contributed by atoms with Gasteiger partial charge in [0.15, 0.2) is 5.13 Å². The number of rotatable bonds is 4. The molecule has 4 rings (SSSR count). The molecule has 138 valence electrons. The number of nitrogens with zero attached hydrogens (tertiary/aromatic N) is 3. The average Bonchev–Trinajstić information content (AvgIpc) is 3.12. The van der Waals surface area contributed by atoms with Crippen molar-refractivity contribution in [2.75, 3.05) is 50.9 Å². The number of thiazole rings is 1. The zero-order chi connectivity index (χ0) is 17.9. The van der Waals surface area contributed by atoms with E-state index in [0.29, 0.717) is 38.7 Å². The third-order valence-corrected chi connectivity index (χ3v) is 5.44. The average molecular weight is 375 g/mol. The molecule has 26 heavy (non-hydrogen) atoms. The molecule has 1 aromatic carbocycles. The molecule has 0 radical (unpaired) electrons. The van der Waals surface area contributed by atoms with Gasteiger partial charge in [-0.3, -0.25) is 4.79 Å². The Kier molecular flexibility index (Phi) is 4.83. The van der Waals surface area contributed by atoms with Gasteiger partial charge in [-0.15, -0.1) is 0 Å². The summed E-state index contributed by atoms with van der Waals surface area (Å²) >= 11 is 1.66. The topological polar surface area (TPSA) is 64.1 Å². The number of carbonyl (C=O) groups excluding carboxylic acids is 1. The highest BCUT2D eigenvalue weighted by Crippen LogP contribution is 2.32. The maximum absolute atomic E-state index is 12.4. The minimum absolute atomic E-state index is 0.102. The molecular weight excluding hydrogens is 354 g/mol. The van der Waals surface area contributed by atoms with Gasteiger partial charge in [0.25, 0.3) is 5.91 Å². The van der Waals surface area contributed by atoms with Crippen LogP contribution in [0, 0.1) is 0 Å². The summed E-state index contributed by atoms with van der Waals surface area (Å²) in [5, 5.41) is 0.984. The van der Waals surface area contributed by atoms with Crippen LogP contribution in [0.5, 0.6) is 5.75 Å². The maximum atomic E-state index is 12.4. The van der Waals surface area contributed by atoms with Gasteiger partial charge in [-0.2, -0.15) is 0 Å². The lowest BCUT2D eigenvalue weighted by atomic mass is 10.3. The van der Waals surface area contributed by atoms with Crippen LogP contribution >= 0.6 is 11.3 Å². The van der Waals surface area contributed by atoms with E-state index in [1.807, 2.05) is 25.1 Å². The van der Waals surface area contributed by atoms with Gasteiger partial charge in [-0.05, 0) is 25.1 Å². The quantitative estimate of drug-likeness (QED) is 0.817. The third kappa shape index (κ3) is 3.41. The van der Waals surface area contributed by atoms with Crippen molar-refractivity contribution in [3.8, 4) is 5.75 Å². The number of ether oxygens (including phenoxy) is 3.